The van der Waals surface area contributed by atoms with E-state index in [9.17, 15) is 0 Å². The Bertz CT molecular complexity index is 90.7. The zero-order chi connectivity index (χ0) is 5.45. The normalized spacial score (nSPS) is 33.0. The molecule has 1 aliphatic heterocycles. The predicted octanol–water partition coefficient (Wildman–Crippen LogP) is 1.55. The third-order valence-corrected chi connectivity index (χ3v) is 3.47. The zero-order valence-corrected chi connectivity index (χ0v) is 5.76. The van der Waals surface area contributed by atoms with Gasteiger partial charge in [0.15, 0.2) is 0 Å². The highest BCUT2D eigenvalue weighted by molar-refractivity contribution is 8.00. The van der Waals surface area contributed by atoms with E-state index in [1.165, 1.54) is 32.2 Å². The van der Waals surface area contributed by atoms with Gasteiger partial charge in [0.05, 0.1) is 0 Å². The van der Waals surface area contributed by atoms with E-state index in [2.05, 4.69) is 4.72 Å². The first-order valence-corrected chi connectivity index (χ1v) is 4.14. The molecule has 1 saturated carbocycles. The van der Waals surface area contributed by atoms with Crippen LogP contribution in [-0.2, 0) is 0 Å². The van der Waals surface area contributed by atoms with E-state index in [0.717, 1.165) is 4.75 Å². The van der Waals surface area contributed by atoms with E-state index in [-0.39, 0.29) is 0 Å². The maximum absolute atomic E-state index is 3.26. The van der Waals surface area contributed by atoms with E-state index in [1.54, 1.807) is 0 Å². The van der Waals surface area contributed by atoms with E-state index in [0.29, 0.717) is 0 Å². The molecule has 0 atom stereocenters. The molecule has 0 radical (unpaired) electrons. The summed E-state index contributed by atoms with van der Waals surface area (Å²) in [6.45, 7) is 1.28. The smallest absolute Gasteiger partial charge is 0.0438 e. The van der Waals surface area contributed by atoms with Gasteiger partial charge in [0.25, 0.3) is 0 Å². The lowest BCUT2D eigenvalue weighted by Crippen LogP contribution is -2.45. The molecule has 1 spiro atoms. The Labute approximate surface area is 54.4 Å². The highest BCUT2D eigenvalue weighted by Gasteiger charge is 2.40. The second-order valence-corrected chi connectivity index (χ2v) is 4.17. The highest BCUT2D eigenvalue weighted by Crippen LogP contribution is 2.44. The average Bonchev–Trinajstić information content (AvgIpc) is 2.07. The van der Waals surface area contributed by atoms with Crippen molar-refractivity contribution in [3.63, 3.8) is 0 Å². The van der Waals surface area contributed by atoms with Gasteiger partial charge in [-0.2, -0.15) is 0 Å². The van der Waals surface area contributed by atoms with Gasteiger partial charge in [-0.1, -0.05) is 24.8 Å². The Morgan fingerprint density at radius 3 is 2.12 bits per heavy atom. The number of rotatable bonds is 0. The highest BCUT2D eigenvalue weighted by atomic mass is 32.2. The van der Waals surface area contributed by atoms with Gasteiger partial charge in [0, 0.05) is 11.3 Å². The minimum absolute atomic E-state index is 0.722. The van der Waals surface area contributed by atoms with Crippen molar-refractivity contribution in [2.45, 2.75) is 30.4 Å². The summed E-state index contributed by atoms with van der Waals surface area (Å²) in [6.07, 6.45) is 5.86. The number of nitrogens with one attached hydrogen (secondary N) is 1. The SMILES string of the molecule is C1CCC2(C1)CNS2. The summed E-state index contributed by atoms with van der Waals surface area (Å²) in [5, 5.41) is 0. The molecule has 0 aromatic carbocycles. The summed E-state index contributed by atoms with van der Waals surface area (Å²) in [6, 6.07) is 0. The van der Waals surface area contributed by atoms with Crippen molar-refractivity contribution in [1.29, 1.82) is 0 Å². The minimum Gasteiger partial charge on any atom is -0.262 e. The lowest BCUT2D eigenvalue weighted by atomic mass is 10.1. The van der Waals surface area contributed by atoms with Crippen LogP contribution >= 0.6 is 11.9 Å². The van der Waals surface area contributed by atoms with Crippen molar-refractivity contribution in [3.05, 3.63) is 0 Å². The molecule has 1 N–H and O–H groups in total. The van der Waals surface area contributed by atoms with Crippen LogP contribution in [0, 0.1) is 0 Å². The molecule has 1 aliphatic carbocycles. The summed E-state index contributed by atoms with van der Waals surface area (Å²) < 4.78 is 3.98. The standard InChI is InChI=1S/C6H11NS/c1-2-4-6(3-1)5-7-8-6/h7H,1-5H2. The zero-order valence-electron chi connectivity index (χ0n) is 4.94. The van der Waals surface area contributed by atoms with Gasteiger partial charge < -0.3 is 0 Å². The van der Waals surface area contributed by atoms with Crippen LogP contribution in [0.1, 0.15) is 25.7 Å². The van der Waals surface area contributed by atoms with Gasteiger partial charge in [-0.25, -0.2) is 0 Å². The molecule has 2 rings (SSSR count). The Morgan fingerprint density at radius 1 is 1.25 bits per heavy atom. The first-order chi connectivity index (χ1) is 3.91. The van der Waals surface area contributed by atoms with Crippen LogP contribution in [0.25, 0.3) is 0 Å². The van der Waals surface area contributed by atoms with Gasteiger partial charge in [0.1, 0.15) is 0 Å². The summed E-state index contributed by atoms with van der Waals surface area (Å²) in [5.74, 6) is 0. The van der Waals surface area contributed by atoms with Crippen LogP contribution in [0.5, 0.6) is 0 Å². The number of hydrogen-bond donors (Lipinski definition) is 1. The molecule has 2 heteroatoms. The second kappa shape index (κ2) is 1.64. The average molecular weight is 129 g/mol. The maximum Gasteiger partial charge on any atom is 0.0438 e. The molecule has 0 unspecified atom stereocenters. The number of hydrogen-bond acceptors (Lipinski definition) is 2. The van der Waals surface area contributed by atoms with Crippen molar-refractivity contribution in [2.75, 3.05) is 6.54 Å². The molecule has 1 heterocycles. The first-order valence-electron chi connectivity index (χ1n) is 3.32. The van der Waals surface area contributed by atoms with E-state index in [1.807, 2.05) is 11.9 Å². The minimum atomic E-state index is 0.722. The Morgan fingerprint density at radius 2 is 1.88 bits per heavy atom. The van der Waals surface area contributed by atoms with Crippen molar-refractivity contribution < 1.29 is 0 Å². The fraction of sp³-hybridized carbons (Fsp3) is 1.00. The van der Waals surface area contributed by atoms with Gasteiger partial charge in [-0.3, -0.25) is 4.72 Å². The maximum atomic E-state index is 3.26. The second-order valence-electron chi connectivity index (χ2n) is 2.81. The fourth-order valence-corrected chi connectivity index (χ4v) is 2.62. The van der Waals surface area contributed by atoms with E-state index in [4.69, 9.17) is 0 Å². The van der Waals surface area contributed by atoms with Gasteiger partial charge in [-0.15, -0.1) is 0 Å². The van der Waals surface area contributed by atoms with Crippen molar-refractivity contribution in [1.82, 2.24) is 4.72 Å². The first kappa shape index (κ1) is 5.12. The fourth-order valence-electron chi connectivity index (χ4n) is 1.57. The van der Waals surface area contributed by atoms with Gasteiger partial charge in [0.2, 0.25) is 0 Å². The third-order valence-electron chi connectivity index (χ3n) is 2.20. The summed E-state index contributed by atoms with van der Waals surface area (Å²) >= 11 is 1.97. The third kappa shape index (κ3) is 0.594. The monoisotopic (exact) mass is 129 g/mol. The Balaban J connectivity index is 2.01. The molecule has 0 amide bonds. The van der Waals surface area contributed by atoms with Crippen LogP contribution in [0.3, 0.4) is 0 Å². The van der Waals surface area contributed by atoms with Crippen molar-refractivity contribution in [2.24, 2.45) is 0 Å². The molecule has 0 aromatic rings. The molecular formula is C6H11NS. The van der Waals surface area contributed by atoms with Crippen LogP contribution < -0.4 is 4.72 Å². The predicted molar refractivity (Wildman–Crippen MR) is 36.8 cm³/mol. The molecule has 1 saturated heterocycles. The molecule has 0 aromatic heterocycles. The molecule has 8 heavy (non-hydrogen) atoms. The van der Waals surface area contributed by atoms with Crippen LogP contribution in [0.2, 0.25) is 0 Å². The molecular weight excluding hydrogens is 118 g/mol. The largest absolute Gasteiger partial charge is 0.262 e. The Hall–Kier alpha value is 0.310. The van der Waals surface area contributed by atoms with Crippen LogP contribution in [-0.4, -0.2) is 11.3 Å². The quantitative estimate of drug-likeness (QED) is 0.498. The van der Waals surface area contributed by atoms with E-state index >= 15 is 0 Å². The summed E-state index contributed by atoms with van der Waals surface area (Å²) in [5.41, 5.74) is 0. The summed E-state index contributed by atoms with van der Waals surface area (Å²) in [7, 11) is 0. The van der Waals surface area contributed by atoms with Gasteiger partial charge >= 0.3 is 0 Å². The van der Waals surface area contributed by atoms with Crippen molar-refractivity contribution >= 4 is 11.9 Å². The van der Waals surface area contributed by atoms with E-state index < -0.39 is 0 Å². The van der Waals surface area contributed by atoms with Crippen LogP contribution in [0.15, 0.2) is 0 Å². The van der Waals surface area contributed by atoms with Crippen molar-refractivity contribution in [3.8, 4) is 0 Å². The summed E-state index contributed by atoms with van der Waals surface area (Å²) in [4.78, 5) is 0. The van der Waals surface area contributed by atoms with Crippen LogP contribution in [0.4, 0.5) is 0 Å². The van der Waals surface area contributed by atoms with Gasteiger partial charge in [-0.05, 0) is 12.8 Å². The molecule has 1 nitrogen and oxygen atoms in total. The lowest BCUT2D eigenvalue weighted by molar-refractivity contribution is 0.551. The molecule has 0 bridgehead atoms. The Kier molecular flexibility index (Phi) is 1.05. The molecule has 46 valence electrons. The lowest BCUT2D eigenvalue weighted by Gasteiger charge is -2.37. The molecule has 2 aliphatic rings. The molecule has 2 fully saturated rings. The topological polar surface area (TPSA) is 12.0 Å².